The summed E-state index contributed by atoms with van der Waals surface area (Å²) in [6.07, 6.45) is 3.14. The standard InChI is InChI=1S/C18H25N3O3S/c1-12(2)10-21-17(23)16-14(7-9-25-16)20(18(21)24)11-15(22)19-8-5-4-6-13(19)3/h7,9,12-13H,4-6,8,10-11H2,1-3H3/t13-/m0/s1. The third-order valence-corrected chi connectivity index (χ3v) is 5.69. The summed E-state index contributed by atoms with van der Waals surface area (Å²) in [4.78, 5) is 40.2. The van der Waals surface area contributed by atoms with E-state index in [-0.39, 0.29) is 35.7 Å². The van der Waals surface area contributed by atoms with Crippen LogP contribution in [0.3, 0.4) is 0 Å². The highest BCUT2D eigenvalue weighted by molar-refractivity contribution is 7.17. The second kappa shape index (κ2) is 7.15. The van der Waals surface area contributed by atoms with Crippen LogP contribution in [0.4, 0.5) is 0 Å². The molecule has 1 saturated heterocycles. The molecule has 136 valence electrons. The van der Waals surface area contributed by atoms with Crippen molar-refractivity contribution < 1.29 is 4.79 Å². The normalized spacial score (nSPS) is 18.2. The molecule has 2 aromatic rings. The first-order valence-electron chi connectivity index (χ1n) is 8.90. The highest BCUT2D eigenvalue weighted by atomic mass is 32.1. The molecule has 6 nitrogen and oxygen atoms in total. The fourth-order valence-electron chi connectivity index (χ4n) is 3.51. The molecule has 2 aromatic heterocycles. The molecule has 0 radical (unpaired) electrons. The first-order chi connectivity index (χ1) is 11.9. The summed E-state index contributed by atoms with van der Waals surface area (Å²) in [5.41, 5.74) is -0.0700. The molecule has 0 spiro atoms. The summed E-state index contributed by atoms with van der Waals surface area (Å²) in [5.74, 6) is 0.130. The number of hydrogen-bond acceptors (Lipinski definition) is 4. The molecule has 0 saturated carbocycles. The van der Waals surface area contributed by atoms with Crippen LogP contribution in [0.25, 0.3) is 10.2 Å². The zero-order valence-electron chi connectivity index (χ0n) is 15.0. The number of fused-ring (bicyclic) bond motifs is 1. The topological polar surface area (TPSA) is 64.3 Å². The number of thiophene rings is 1. The third kappa shape index (κ3) is 3.42. The molecule has 0 N–H and O–H groups in total. The molecule has 0 unspecified atom stereocenters. The Kier molecular flexibility index (Phi) is 5.13. The minimum Gasteiger partial charge on any atom is -0.338 e. The van der Waals surface area contributed by atoms with Gasteiger partial charge in [0.1, 0.15) is 11.2 Å². The second-order valence-electron chi connectivity index (χ2n) is 7.25. The lowest BCUT2D eigenvalue weighted by Crippen LogP contribution is -2.47. The first kappa shape index (κ1) is 17.9. The monoisotopic (exact) mass is 363 g/mol. The number of carbonyl (C=O) groups is 1. The van der Waals surface area contributed by atoms with Gasteiger partial charge in [0.15, 0.2) is 0 Å². The van der Waals surface area contributed by atoms with Gasteiger partial charge in [0.05, 0.1) is 5.52 Å². The van der Waals surface area contributed by atoms with Crippen molar-refractivity contribution in [1.82, 2.24) is 14.0 Å². The Hall–Kier alpha value is -1.89. The number of piperidine rings is 1. The minimum absolute atomic E-state index is 0.00518. The molecule has 25 heavy (non-hydrogen) atoms. The Labute approximate surface area is 150 Å². The Morgan fingerprint density at radius 3 is 2.72 bits per heavy atom. The van der Waals surface area contributed by atoms with Crippen molar-refractivity contribution in [3.63, 3.8) is 0 Å². The van der Waals surface area contributed by atoms with Crippen LogP contribution in [-0.2, 0) is 17.9 Å². The molecule has 0 bridgehead atoms. The van der Waals surface area contributed by atoms with Gasteiger partial charge in [0, 0.05) is 19.1 Å². The molecule has 1 aliphatic rings. The van der Waals surface area contributed by atoms with Gasteiger partial charge in [-0.25, -0.2) is 4.79 Å². The highest BCUT2D eigenvalue weighted by Crippen LogP contribution is 2.19. The quantitative estimate of drug-likeness (QED) is 0.837. The lowest BCUT2D eigenvalue weighted by molar-refractivity contribution is -0.135. The Morgan fingerprint density at radius 2 is 2.04 bits per heavy atom. The fraction of sp³-hybridized carbons (Fsp3) is 0.611. The van der Waals surface area contributed by atoms with Crippen LogP contribution in [0.5, 0.6) is 0 Å². The predicted molar refractivity (Wildman–Crippen MR) is 100 cm³/mol. The van der Waals surface area contributed by atoms with Crippen LogP contribution in [0.1, 0.15) is 40.0 Å². The van der Waals surface area contributed by atoms with Crippen LogP contribution in [0, 0.1) is 5.92 Å². The number of carbonyl (C=O) groups excluding carboxylic acids is 1. The second-order valence-corrected chi connectivity index (χ2v) is 8.16. The van der Waals surface area contributed by atoms with Gasteiger partial charge in [0.2, 0.25) is 5.91 Å². The molecular formula is C18H25N3O3S. The Morgan fingerprint density at radius 1 is 1.28 bits per heavy atom. The number of amides is 1. The fourth-order valence-corrected chi connectivity index (χ4v) is 4.35. The molecule has 7 heteroatoms. The maximum absolute atomic E-state index is 12.9. The van der Waals surface area contributed by atoms with E-state index in [4.69, 9.17) is 0 Å². The molecule has 1 aliphatic heterocycles. The third-order valence-electron chi connectivity index (χ3n) is 4.80. The van der Waals surface area contributed by atoms with Crippen molar-refractivity contribution >= 4 is 27.5 Å². The van der Waals surface area contributed by atoms with Crippen molar-refractivity contribution in [2.75, 3.05) is 6.54 Å². The Balaban J connectivity index is 2.03. The SMILES string of the molecule is CC(C)Cn1c(=O)c2sccc2n(CC(=O)N2CCCC[C@@H]2C)c1=O. The molecule has 3 heterocycles. The lowest BCUT2D eigenvalue weighted by atomic mass is 10.0. The van der Waals surface area contributed by atoms with Gasteiger partial charge >= 0.3 is 5.69 Å². The van der Waals surface area contributed by atoms with E-state index in [0.717, 1.165) is 25.8 Å². The molecule has 0 aromatic carbocycles. The largest absolute Gasteiger partial charge is 0.338 e. The average molecular weight is 363 g/mol. The number of nitrogens with zero attached hydrogens (tertiary/aromatic N) is 3. The number of hydrogen-bond donors (Lipinski definition) is 0. The zero-order valence-corrected chi connectivity index (χ0v) is 15.8. The van der Waals surface area contributed by atoms with Crippen molar-refractivity contribution in [2.45, 2.75) is 59.2 Å². The summed E-state index contributed by atoms with van der Waals surface area (Å²) >= 11 is 1.32. The molecule has 1 amide bonds. The van der Waals surface area contributed by atoms with E-state index in [1.54, 1.807) is 11.4 Å². The summed E-state index contributed by atoms with van der Waals surface area (Å²) < 4.78 is 3.29. The Bertz CT molecular complexity index is 893. The predicted octanol–water partition coefficient (Wildman–Crippen LogP) is 2.28. The summed E-state index contributed by atoms with van der Waals surface area (Å²) in [7, 11) is 0. The van der Waals surface area contributed by atoms with E-state index in [0.29, 0.717) is 16.8 Å². The van der Waals surface area contributed by atoms with Crippen LogP contribution in [-0.4, -0.2) is 32.5 Å². The molecule has 0 aliphatic carbocycles. The van der Waals surface area contributed by atoms with Gasteiger partial charge in [0.25, 0.3) is 5.56 Å². The minimum atomic E-state index is -0.386. The number of likely N-dealkylation sites (tertiary alicyclic amines) is 1. The molecular weight excluding hydrogens is 338 g/mol. The van der Waals surface area contributed by atoms with Gasteiger partial charge in [-0.1, -0.05) is 13.8 Å². The maximum atomic E-state index is 12.9. The smallest absolute Gasteiger partial charge is 0.332 e. The summed E-state index contributed by atoms with van der Waals surface area (Å²) in [6.45, 7) is 7.09. The first-order valence-corrected chi connectivity index (χ1v) is 9.78. The number of aromatic nitrogens is 2. The average Bonchev–Trinajstić information content (AvgIpc) is 3.05. The summed E-state index contributed by atoms with van der Waals surface area (Å²) in [5, 5.41) is 1.80. The van der Waals surface area contributed by atoms with Crippen LogP contribution < -0.4 is 11.2 Å². The van der Waals surface area contributed by atoms with E-state index in [1.165, 1.54) is 20.5 Å². The van der Waals surface area contributed by atoms with E-state index in [9.17, 15) is 14.4 Å². The van der Waals surface area contributed by atoms with E-state index < -0.39 is 0 Å². The van der Waals surface area contributed by atoms with E-state index >= 15 is 0 Å². The lowest BCUT2D eigenvalue weighted by Gasteiger charge is -2.33. The molecule has 3 rings (SSSR count). The van der Waals surface area contributed by atoms with Crippen molar-refractivity contribution in [1.29, 1.82) is 0 Å². The van der Waals surface area contributed by atoms with Gasteiger partial charge in [-0.05, 0) is 43.6 Å². The van der Waals surface area contributed by atoms with Crippen LogP contribution in [0.2, 0.25) is 0 Å². The van der Waals surface area contributed by atoms with Crippen LogP contribution >= 0.6 is 11.3 Å². The summed E-state index contributed by atoms with van der Waals surface area (Å²) in [6, 6.07) is 1.96. The maximum Gasteiger partial charge on any atom is 0.332 e. The number of rotatable bonds is 4. The van der Waals surface area contributed by atoms with Gasteiger partial charge in [-0.15, -0.1) is 11.3 Å². The van der Waals surface area contributed by atoms with Crippen molar-refractivity contribution in [3.05, 3.63) is 32.3 Å². The highest BCUT2D eigenvalue weighted by Gasteiger charge is 2.25. The van der Waals surface area contributed by atoms with E-state index in [2.05, 4.69) is 6.92 Å². The van der Waals surface area contributed by atoms with Crippen molar-refractivity contribution in [3.8, 4) is 0 Å². The zero-order chi connectivity index (χ0) is 18.1. The van der Waals surface area contributed by atoms with Crippen molar-refractivity contribution in [2.24, 2.45) is 5.92 Å². The van der Waals surface area contributed by atoms with Gasteiger partial charge < -0.3 is 4.90 Å². The van der Waals surface area contributed by atoms with Gasteiger partial charge in [-0.3, -0.25) is 18.7 Å². The molecule has 1 atom stereocenters. The molecule has 1 fully saturated rings. The van der Waals surface area contributed by atoms with Gasteiger partial charge in [-0.2, -0.15) is 0 Å². The van der Waals surface area contributed by atoms with Crippen LogP contribution in [0.15, 0.2) is 21.0 Å². The van der Waals surface area contributed by atoms with E-state index in [1.807, 2.05) is 18.7 Å².